The van der Waals surface area contributed by atoms with Gasteiger partial charge in [0.1, 0.15) is 12.2 Å². The van der Waals surface area contributed by atoms with Crippen molar-refractivity contribution >= 4 is 23.2 Å². The molecule has 3 atom stereocenters. The van der Waals surface area contributed by atoms with Gasteiger partial charge in [0.15, 0.2) is 0 Å². The molecule has 0 bridgehead atoms. The monoisotopic (exact) mass is 392 g/mol. The number of nitrogens with zero attached hydrogens (tertiary/aromatic N) is 2. The fraction of sp³-hybridized carbons (Fsp3) is 0.154. The Kier molecular flexibility index (Phi) is 4.89. The lowest BCUT2D eigenvalue weighted by Gasteiger charge is -2.21. The molecular weight excluding hydrogens is 368 g/mol. The zero-order valence-corrected chi connectivity index (χ0v) is 16.9. The van der Waals surface area contributed by atoms with Crippen LogP contribution in [0, 0.1) is 0 Å². The Morgan fingerprint density at radius 2 is 1.60 bits per heavy atom. The van der Waals surface area contributed by atoms with E-state index in [1.165, 1.54) is 11.1 Å². The Bertz CT molecular complexity index is 1120. The summed E-state index contributed by atoms with van der Waals surface area (Å²) in [6, 6.07) is 29.5. The molecule has 0 fully saturated rings. The second kappa shape index (κ2) is 7.99. The second-order valence-electron chi connectivity index (χ2n) is 7.67. The predicted octanol–water partition coefficient (Wildman–Crippen LogP) is 5.07. The van der Waals surface area contributed by atoms with Gasteiger partial charge in [-0.2, -0.15) is 0 Å². The molecule has 4 nitrogen and oxygen atoms in total. The van der Waals surface area contributed by atoms with Gasteiger partial charge >= 0.3 is 0 Å². The maximum Gasteiger partial charge on any atom is 0.145 e. The highest BCUT2D eigenvalue weighted by atomic mass is 15.2. The number of rotatable bonds is 5. The molecule has 0 saturated carbocycles. The van der Waals surface area contributed by atoms with Gasteiger partial charge in [0.2, 0.25) is 0 Å². The number of aliphatic imine (C=N–C) groups is 2. The van der Waals surface area contributed by atoms with Gasteiger partial charge in [-0.25, -0.2) is 0 Å². The van der Waals surface area contributed by atoms with Crippen molar-refractivity contribution in [2.75, 3.05) is 5.32 Å². The Labute approximate surface area is 177 Å². The standard InChI is InChI=1S/C26H24N4/c1-18(19-9-4-2-5-10-19)29-22-14-8-13-21(15-22)23-16-27-26-25(23)30-24(17-28-26)20-11-6-3-7-12-20/h2-18,25-27,29H,1H3/t18-,25?,26?/m0/s1. The minimum absolute atomic E-state index is 0.0213. The maximum atomic E-state index is 5.03. The van der Waals surface area contributed by atoms with Crippen molar-refractivity contribution in [3.8, 4) is 0 Å². The fourth-order valence-corrected chi connectivity index (χ4v) is 4.00. The summed E-state index contributed by atoms with van der Waals surface area (Å²) >= 11 is 0. The van der Waals surface area contributed by atoms with E-state index in [1.807, 2.05) is 30.5 Å². The first-order valence-electron chi connectivity index (χ1n) is 10.3. The van der Waals surface area contributed by atoms with Crippen molar-refractivity contribution < 1.29 is 0 Å². The van der Waals surface area contributed by atoms with E-state index in [4.69, 9.17) is 9.98 Å². The number of benzene rings is 3. The molecule has 2 aliphatic heterocycles. The van der Waals surface area contributed by atoms with Crippen LogP contribution in [-0.4, -0.2) is 24.1 Å². The molecular formula is C26H24N4. The molecule has 3 aromatic carbocycles. The summed E-state index contributed by atoms with van der Waals surface area (Å²) in [5.41, 5.74) is 6.72. The van der Waals surface area contributed by atoms with Crippen LogP contribution in [0.5, 0.6) is 0 Å². The Morgan fingerprint density at radius 3 is 2.40 bits per heavy atom. The van der Waals surface area contributed by atoms with Crippen LogP contribution >= 0.6 is 0 Å². The van der Waals surface area contributed by atoms with Crippen LogP contribution in [0.4, 0.5) is 5.69 Å². The third-order valence-corrected chi connectivity index (χ3v) is 5.61. The fourth-order valence-electron chi connectivity index (χ4n) is 4.00. The highest BCUT2D eigenvalue weighted by molar-refractivity contribution is 6.38. The van der Waals surface area contributed by atoms with Gasteiger partial charge in [0.05, 0.1) is 5.71 Å². The lowest BCUT2D eigenvalue weighted by atomic mass is 9.98. The molecule has 0 aromatic heterocycles. The van der Waals surface area contributed by atoms with Gasteiger partial charge in [-0.15, -0.1) is 0 Å². The molecule has 2 heterocycles. The van der Waals surface area contributed by atoms with Crippen LogP contribution in [-0.2, 0) is 0 Å². The molecule has 0 amide bonds. The third kappa shape index (κ3) is 3.64. The summed E-state index contributed by atoms with van der Waals surface area (Å²) in [4.78, 5) is 9.73. The van der Waals surface area contributed by atoms with E-state index in [2.05, 4.69) is 84.4 Å². The van der Waals surface area contributed by atoms with E-state index in [1.54, 1.807) is 0 Å². The number of hydrogen-bond donors (Lipinski definition) is 2. The smallest absolute Gasteiger partial charge is 0.145 e. The topological polar surface area (TPSA) is 48.8 Å². The van der Waals surface area contributed by atoms with Gasteiger partial charge in [-0.05, 0) is 30.2 Å². The molecule has 0 saturated heterocycles. The molecule has 4 heteroatoms. The summed E-state index contributed by atoms with van der Waals surface area (Å²) in [7, 11) is 0. The first-order valence-corrected chi connectivity index (χ1v) is 10.3. The van der Waals surface area contributed by atoms with Crippen LogP contribution < -0.4 is 10.6 Å². The second-order valence-corrected chi connectivity index (χ2v) is 7.67. The molecule has 5 rings (SSSR count). The summed E-state index contributed by atoms with van der Waals surface area (Å²) in [5.74, 6) is 0. The van der Waals surface area contributed by atoms with Crippen LogP contribution in [0.25, 0.3) is 5.57 Å². The van der Waals surface area contributed by atoms with E-state index in [9.17, 15) is 0 Å². The Morgan fingerprint density at radius 1 is 0.867 bits per heavy atom. The maximum absolute atomic E-state index is 5.03. The number of anilines is 1. The van der Waals surface area contributed by atoms with Crippen molar-refractivity contribution in [3.05, 3.63) is 108 Å². The zero-order chi connectivity index (χ0) is 20.3. The molecule has 148 valence electrons. The number of fused-ring (bicyclic) bond motifs is 1. The SMILES string of the molecule is C[C@H](Nc1cccc(C2=CNC3N=CC(c4ccccc4)=NC23)c1)c1ccccc1. The van der Waals surface area contributed by atoms with Gasteiger partial charge < -0.3 is 10.6 Å². The molecule has 2 unspecified atom stereocenters. The first-order chi connectivity index (χ1) is 14.8. The molecule has 0 spiro atoms. The zero-order valence-electron chi connectivity index (χ0n) is 16.9. The van der Waals surface area contributed by atoms with Gasteiger partial charge in [-0.3, -0.25) is 9.98 Å². The van der Waals surface area contributed by atoms with E-state index >= 15 is 0 Å². The van der Waals surface area contributed by atoms with E-state index in [0.29, 0.717) is 0 Å². The average molecular weight is 393 g/mol. The molecule has 0 aliphatic carbocycles. The summed E-state index contributed by atoms with van der Waals surface area (Å²) < 4.78 is 0. The van der Waals surface area contributed by atoms with Crippen molar-refractivity contribution in [2.24, 2.45) is 9.98 Å². The first kappa shape index (κ1) is 18.4. The summed E-state index contributed by atoms with van der Waals surface area (Å²) in [6.45, 7) is 2.18. The van der Waals surface area contributed by atoms with Gasteiger partial charge in [0, 0.05) is 35.3 Å². The van der Waals surface area contributed by atoms with Gasteiger partial charge in [-0.1, -0.05) is 72.8 Å². The van der Waals surface area contributed by atoms with Crippen LogP contribution in [0.1, 0.15) is 29.7 Å². The minimum Gasteiger partial charge on any atom is -0.379 e. The van der Waals surface area contributed by atoms with Crippen molar-refractivity contribution in [1.82, 2.24) is 5.32 Å². The molecule has 0 radical (unpaired) electrons. The molecule has 2 N–H and O–H groups in total. The van der Waals surface area contributed by atoms with E-state index in [-0.39, 0.29) is 18.2 Å². The largest absolute Gasteiger partial charge is 0.379 e. The van der Waals surface area contributed by atoms with Crippen LogP contribution in [0.15, 0.2) is 101 Å². The Hall–Kier alpha value is -3.66. The quantitative estimate of drug-likeness (QED) is 0.637. The summed E-state index contributed by atoms with van der Waals surface area (Å²) in [6.07, 6.45) is 3.90. The average Bonchev–Trinajstić information content (AvgIpc) is 3.24. The van der Waals surface area contributed by atoms with E-state index in [0.717, 1.165) is 22.5 Å². The predicted molar refractivity (Wildman–Crippen MR) is 125 cm³/mol. The van der Waals surface area contributed by atoms with Crippen molar-refractivity contribution in [3.63, 3.8) is 0 Å². The highest BCUT2D eigenvalue weighted by Gasteiger charge is 2.32. The number of hydrogen-bond acceptors (Lipinski definition) is 4. The van der Waals surface area contributed by atoms with Crippen molar-refractivity contribution in [2.45, 2.75) is 25.2 Å². The van der Waals surface area contributed by atoms with Crippen LogP contribution in [0.2, 0.25) is 0 Å². The molecule has 3 aromatic rings. The molecule has 30 heavy (non-hydrogen) atoms. The third-order valence-electron chi connectivity index (χ3n) is 5.61. The highest BCUT2D eigenvalue weighted by Crippen LogP contribution is 2.31. The molecule has 2 aliphatic rings. The normalized spacial score (nSPS) is 20.6. The summed E-state index contributed by atoms with van der Waals surface area (Å²) in [5, 5.41) is 6.99. The van der Waals surface area contributed by atoms with E-state index < -0.39 is 0 Å². The Balaban J connectivity index is 1.39. The number of nitrogens with one attached hydrogen (secondary N) is 2. The minimum atomic E-state index is -0.0349. The lowest BCUT2D eigenvalue weighted by Crippen LogP contribution is -2.33. The van der Waals surface area contributed by atoms with Crippen molar-refractivity contribution in [1.29, 1.82) is 0 Å². The van der Waals surface area contributed by atoms with Crippen LogP contribution in [0.3, 0.4) is 0 Å². The van der Waals surface area contributed by atoms with Gasteiger partial charge in [0.25, 0.3) is 0 Å². The lowest BCUT2D eigenvalue weighted by molar-refractivity contribution is 0.595.